The van der Waals surface area contributed by atoms with Crippen LogP contribution in [0.15, 0.2) is 24.3 Å². The Morgan fingerprint density at radius 3 is 2.06 bits per heavy atom. The van der Waals surface area contributed by atoms with E-state index in [4.69, 9.17) is 19.7 Å². The number of ether oxygens (including phenoxy) is 4. The van der Waals surface area contributed by atoms with Crippen LogP contribution in [-0.4, -0.2) is 74.7 Å². The molecule has 0 aromatic rings. The molecule has 2 N–H and O–H groups in total. The molecular formula is C26H44O10. The predicted octanol–water partition coefficient (Wildman–Crippen LogP) is 3.46. The molecule has 0 radical (unpaired) electrons. The lowest BCUT2D eigenvalue weighted by atomic mass is 10.0. The van der Waals surface area contributed by atoms with Crippen LogP contribution in [0.4, 0.5) is 0 Å². The van der Waals surface area contributed by atoms with Gasteiger partial charge in [0.05, 0.1) is 44.5 Å². The lowest BCUT2D eigenvalue weighted by molar-refractivity contribution is -0.153. The minimum Gasteiger partial charge on any atom is -0.481 e. The van der Waals surface area contributed by atoms with Gasteiger partial charge in [-0.05, 0) is 25.7 Å². The van der Waals surface area contributed by atoms with Gasteiger partial charge in [0.15, 0.2) is 0 Å². The van der Waals surface area contributed by atoms with Crippen LogP contribution in [0.2, 0.25) is 0 Å². The first-order valence-corrected chi connectivity index (χ1v) is 12.3. The largest absolute Gasteiger partial charge is 0.481 e. The van der Waals surface area contributed by atoms with Crippen molar-refractivity contribution in [3.05, 3.63) is 24.3 Å². The first-order valence-electron chi connectivity index (χ1n) is 12.3. The van der Waals surface area contributed by atoms with Crippen LogP contribution in [0, 0.1) is 11.8 Å². The average molecular weight is 517 g/mol. The highest BCUT2D eigenvalue weighted by Gasteiger charge is 2.32. The Bertz CT molecular complexity index is 655. The van der Waals surface area contributed by atoms with Crippen molar-refractivity contribution < 1.29 is 48.3 Å². The third-order valence-electron chi connectivity index (χ3n) is 4.65. The SMILES string of the molecule is CCC/C=C/CC(CC(=O)OCCOC)C(=O)O.CCC/C=C/CC1CC(=O)OC1=O.COCCO. The van der Waals surface area contributed by atoms with Gasteiger partial charge < -0.3 is 29.2 Å². The topological polar surface area (TPSA) is 146 Å². The standard InChI is InChI=1S/C13H22O5.C10H14O3.C3H8O2/c1-3-4-5-6-7-11(13(15)16)10-12(14)18-9-8-17-2;1-2-3-4-5-6-8-7-9(11)13-10(8)12;1-5-3-2-4/h5-6,11H,3-4,7-10H2,1-2H3,(H,15,16);4-5,8H,2-3,6-7H2,1H3;4H,2-3H2,1H3/b6-5+;5-4+;. The van der Waals surface area contributed by atoms with Crippen LogP contribution in [0.3, 0.4) is 0 Å². The third kappa shape index (κ3) is 21.9. The van der Waals surface area contributed by atoms with Crippen LogP contribution >= 0.6 is 0 Å². The number of methoxy groups -OCH3 is 2. The number of aliphatic hydroxyl groups is 1. The zero-order valence-electron chi connectivity index (χ0n) is 22.1. The third-order valence-corrected chi connectivity index (χ3v) is 4.65. The van der Waals surface area contributed by atoms with Gasteiger partial charge in [-0.25, -0.2) is 0 Å². The quantitative estimate of drug-likeness (QED) is 0.135. The molecule has 0 bridgehead atoms. The second-order valence-electron chi connectivity index (χ2n) is 7.85. The number of aliphatic hydroxyl groups excluding tert-OH is 1. The van der Waals surface area contributed by atoms with E-state index < -0.39 is 17.9 Å². The van der Waals surface area contributed by atoms with E-state index in [-0.39, 0.29) is 43.9 Å². The summed E-state index contributed by atoms with van der Waals surface area (Å²) >= 11 is 0. The van der Waals surface area contributed by atoms with E-state index in [0.29, 0.717) is 26.1 Å². The van der Waals surface area contributed by atoms with Crippen LogP contribution in [0.1, 0.15) is 65.2 Å². The second kappa shape index (κ2) is 25.5. The van der Waals surface area contributed by atoms with Gasteiger partial charge in [-0.3, -0.25) is 19.2 Å². The lowest BCUT2D eigenvalue weighted by Gasteiger charge is -2.09. The summed E-state index contributed by atoms with van der Waals surface area (Å²) in [6, 6.07) is 0. The number of esters is 3. The summed E-state index contributed by atoms with van der Waals surface area (Å²) in [4.78, 5) is 44.0. The molecule has 1 saturated heterocycles. The summed E-state index contributed by atoms with van der Waals surface area (Å²) in [7, 11) is 3.06. The highest BCUT2D eigenvalue weighted by Crippen LogP contribution is 2.19. The fourth-order valence-corrected chi connectivity index (χ4v) is 2.65. The maximum absolute atomic E-state index is 11.4. The highest BCUT2D eigenvalue weighted by molar-refractivity contribution is 5.94. The van der Waals surface area contributed by atoms with Crippen molar-refractivity contribution >= 4 is 23.9 Å². The van der Waals surface area contributed by atoms with E-state index in [1.165, 1.54) is 7.11 Å². The van der Waals surface area contributed by atoms with Crippen molar-refractivity contribution in [3.8, 4) is 0 Å². The van der Waals surface area contributed by atoms with Crippen LogP contribution in [-0.2, 0) is 38.1 Å². The smallest absolute Gasteiger partial charge is 0.317 e. The number of cyclic esters (lactones) is 2. The van der Waals surface area contributed by atoms with E-state index in [9.17, 15) is 19.2 Å². The number of carbonyl (C=O) groups excluding carboxylic acids is 3. The molecule has 1 heterocycles. The first-order chi connectivity index (χ1) is 17.3. The maximum atomic E-state index is 11.4. The molecule has 0 saturated carbocycles. The Morgan fingerprint density at radius 2 is 1.61 bits per heavy atom. The molecule has 0 aliphatic carbocycles. The summed E-state index contributed by atoms with van der Waals surface area (Å²) < 4.78 is 18.4. The normalized spacial score (nSPS) is 15.6. The molecular weight excluding hydrogens is 472 g/mol. The molecule has 0 aromatic carbocycles. The van der Waals surface area contributed by atoms with Gasteiger partial charge in [0.25, 0.3) is 0 Å². The fraction of sp³-hybridized carbons (Fsp3) is 0.692. The Morgan fingerprint density at radius 1 is 1.00 bits per heavy atom. The minimum atomic E-state index is -0.972. The number of allylic oxidation sites excluding steroid dienone is 4. The zero-order chi connectivity index (χ0) is 27.6. The molecule has 36 heavy (non-hydrogen) atoms. The summed E-state index contributed by atoms with van der Waals surface area (Å²) in [5.41, 5.74) is 0. The van der Waals surface area contributed by atoms with E-state index >= 15 is 0 Å². The number of rotatable bonds is 16. The summed E-state index contributed by atoms with van der Waals surface area (Å²) in [6.45, 7) is 5.19. The van der Waals surface area contributed by atoms with Gasteiger partial charge >= 0.3 is 23.9 Å². The highest BCUT2D eigenvalue weighted by atomic mass is 16.6. The van der Waals surface area contributed by atoms with Crippen molar-refractivity contribution in [2.75, 3.05) is 40.6 Å². The molecule has 1 aliphatic heterocycles. The number of hydrogen-bond acceptors (Lipinski definition) is 9. The van der Waals surface area contributed by atoms with Crippen LogP contribution < -0.4 is 0 Å². The van der Waals surface area contributed by atoms with E-state index in [1.54, 1.807) is 7.11 Å². The van der Waals surface area contributed by atoms with Crippen molar-refractivity contribution in [3.63, 3.8) is 0 Å². The van der Waals surface area contributed by atoms with E-state index in [0.717, 1.165) is 25.7 Å². The molecule has 1 rings (SSSR count). The van der Waals surface area contributed by atoms with Crippen molar-refractivity contribution in [1.29, 1.82) is 0 Å². The molecule has 1 fully saturated rings. The molecule has 0 aromatic heterocycles. The lowest BCUT2D eigenvalue weighted by Crippen LogP contribution is -2.20. The number of carbonyl (C=O) groups is 4. The summed E-state index contributed by atoms with van der Waals surface area (Å²) in [5, 5.41) is 16.9. The molecule has 2 unspecified atom stereocenters. The van der Waals surface area contributed by atoms with Gasteiger partial charge in [-0.2, -0.15) is 0 Å². The molecule has 0 amide bonds. The monoisotopic (exact) mass is 516 g/mol. The summed E-state index contributed by atoms with van der Waals surface area (Å²) in [5.74, 6) is -3.18. The Hall–Kier alpha value is -2.56. The second-order valence-corrected chi connectivity index (χ2v) is 7.85. The van der Waals surface area contributed by atoms with Crippen LogP contribution in [0.25, 0.3) is 0 Å². The maximum Gasteiger partial charge on any atom is 0.317 e. The van der Waals surface area contributed by atoms with E-state index in [2.05, 4.69) is 16.4 Å². The number of aliphatic carboxylic acids is 1. The predicted molar refractivity (Wildman–Crippen MR) is 134 cm³/mol. The van der Waals surface area contributed by atoms with Gasteiger partial charge in [-0.15, -0.1) is 0 Å². The van der Waals surface area contributed by atoms with E-state index in [1.807, 2.05) is 31.2 Å². The zero-order valence-corrected chi connectivity index (χ0v) is 22.1. The van der Waals surface area contributed by atoms with Crippen molar-refractivity contribution in [1.82, 2.24) is 0 Å². The Balaban J connectivity index is 0. The van der Waals surface area contributed by atoms with Gasteiger partial charge in [-0.1, -0.05) is 51.0 Å². The van der Waals surface area contributed by atoms with Gasteiger partial charge in [0.1, 0.15) is 6.61 Å². The first kappa shape index (κ1) is 35.6. The number of unbranched alkanes of at least 4 members (excludes halogenated alkanes) is 2. The number of carboxylic acid groups (broad SMARTS) is 1. The van der Waals surface area contributed by atoms with Gasteiger partial charge in [0.2, 0.25) is 0 Å². The Labute approximate surface area is 214 Å². The van der Waals surface area contributed by atoms with Crippen LogP contribution in [0.5, 0.6) is 0 Å². The molecule has 0 spiro atoms. The molecule has 10 heteroatoms. The fourth-order valence-electron chi connectivity index (χ4n) is 2.65. The van der Waals surface area contributed by atoms with Crippen molar-refractivity contribution in [2.45, 2.75) is 65.2 Å². The van der Waals surface area contributed by atoms with Gasteiger partial charge in [0, 0.05) is 14.2 Å². The minimum absolute atomic E-state index is 0.102. The number of carboxylic acids is 1. The molecule has 2 atom stereocenters. The average Bonchev–Trinajstić information content (AvgIpc) is 3.16. The number of hydrogen-bond donors (Lipinski definition) is 2. The molecule has 1 aliphatic rings. The summed E-state index contributed by atoms with van der Waals surface area (Å²) in [6.07, 6.45) is 12.9. The molecule has 10 nitrogen and oxygen atoms in total. The Kier molecular flexibility index (Phi) is 25.2. The van der Waals surface area contributed by atoms with Crippen molar-refractivity contribution in [2.24, 2.45) is 11.8 Å². The molecule has 208 valence electrons.